The molecule has 0 fully saturated rings. The summed E-state index contributed by atoms with van der Waals surface area (Å²) in [4.78, 5) is 0. The Balaban J connectivity index is 2.04. The number of hydrogen-bond donors (Lipinski definition) is 2. The molecule has 0 aliphatic carbocycles. The van der Waals surface area contributed by atoms with Crippen molar-refractivity contribution in [1.29, 1.82) is 0 Å². The van der Waals surface area contributed by atoms with Crippen LogP contribution in [0.25, 0.3) is 0 Å². The van der Waals surface area contributed by atoms with Crippen LogP contribution in [0, 0.1) is 6.92 Å². The fourth-order valence-electron chi connectivity index (χ4n) is 2.36. The van der Waals surface area contributed by atoms with Crippen LogP contribution >= 0.6 is 0 Å². The molecule has 1 aromatic heterocycles. The highest BCUT2D eigenvalue weighted by Crippen LogP contribution is 2.27. The smallest absolute Gasteiger partial charge is 0.0839 e. The molecule has 3 heteroatoms. The topological polar surface area (TPSA) is 40.7 Å². The van der Waals surface area contributed by atoms with Gasteiger partial charge in [0.15, 0.2) is 0 Å². The van der Waals surface area contributed by atoms with Gasteiger partial charge in [-0.25, -0.2) is 0 Å². The summed E-state index contributed by atoms with van der Waals surface area (Å²) in [5, 5.41) is 10.9. The van der Waals surface area contributed by atoms with Gasteiger partial charge in [-0.1, -0.05) is 24.3 Å². The van der Waals surface area contributed by atoms with Crippen molar-refractivity contribution in [3.8, 4) is 0 Å². The summed E-state index contributed by atoms with van der Waals surface area (Å²) in [6.45, 7) is 3.05. The largest absolute Gasteiger partial charge is 0.305 e. The van der Waals surface area contributed by atoms with Gasteiger partial charge in [0, 0.05) is 12.2 Å². The number of rotatable bonds is 1. The SMILES string of the molecule is Cc1cc([C@H]2NCCc3ccccc32)n[nH]1. The van der Waals surface area contributed by atoms with Crippen molar-refractivity contribution in [1.82, 2.24) is 15.5 Å². The number of aryl methyl sites for hydroxylation is 1. The van der Waals surface area contributed by atoms with Crippen LogP contribution in [0.5, 0.6) is 0 Å². The molecule has 2 N–H and O–H groups in total. The second-order valence-corrected chi connectivity index (χ2v) is 4.31. The Bertz CT molecular complexity index is 501. The predicted octanol–water partition coefficient (Wildman–Crippen LogP) is 1.95. The maximum absolute atomic E-state index is 4.35. The molecule has 1 aliphatic heterocycles. The predicted molar refractivity (Wildman–Crippen MR) is 63.3 cm³/mol. The Hall–Kier alpha value is -1.61. The average Bonchev–Trinajstić information content (AvgIpc) is 2.75. The van der Waals surface area contributed by atoms with Gasteiger partial charge in [0.05, 0.1) is 11.7 Å². The third kappa shape index (κ3) is 1.53. The van der Waals surface area contributed by atoms with E-state index in [2.05, 4.69) is 45.8 Å². The summed E-state index contributed by atoms with van der Waals surface area (Å²) in [7, 11) is 0. The van der Waals surface area contributed by atoms with Gasteiger partial charge >= 0.3 is 0 Å². The van der Waals surface area contributed by atoms with E-state index in [-0.39, 0.29) is 6.04 Å². The standard InChI is InChI=1S/C13H15N3/c1-9-8-12(16-15-9)13-11-5-3-2-4-10(11)6-7-14-13/h2-5,8,13-14H,6-7H2,1H3,(H,15,16)/t13-/m0/s1. The number of fused-ring (bicyclic) bond motifs is 1. The first-order valence-electron chi connectivity index (χ1n) is 5.68. The highest BCUT2D eigenvalue weighted by atomic mass is 15.1. The summed E-state index contributed by atoms with van der Waals surface area (Å²) in [6, 6.07) is 11.0. The van der Waals surface area contributed by atoms with Crippen LogP contribution in [0.1, 0.15) is 28.6 Å². The van der Waals surface area contributed by atoms with E-state index in [0.29, 0.717) is 0 Å². The highest BCUT2D eigenvalue weighted by molar-refractivity contribution is 5.37. The van der Waals surface area contributed by atoms with Crippen molar-refractivity contribution >= 4 is 0 Å². The normalized spacial score (nSPS) is 19.4. The highest BCUT2D eigenvalue weighted by Gasteiger charge is 2.22. The lowest BCUT2D eigenvalue weighted by Crippen LogP contribution is -2.30. The number of nitrogens with zero attached hydrogens (tertiary/aromatic N) is 1. The average molecular weight is 213 g/mol. The van der Waals surface area contributed by atoms with E-state index >= 15 is 0 Å². The molecule has 82 valence electrons. The lowest BCUT2D eigenvalue weighted by atomic mass is 9.92. The fourth-order valence-corrected chi connectivity index (χ4v) is 2.36. The van der Waals surface area contributed by atoms with Crippen LogP contribution in [0.2, 0.25) is 0 Å². The zero-order valence-electron chi connectivity index (χ0n) is 9.33. The van der Waals surface area contributed by atoms with E-state index in [4.69, 9.17) is 0 Å². The molecular weight excluding hydrogens is 198 g/mol. The number of H-pyrrole nitrogens is 1. The van der Waals surface area contributed by atoms with Gasteiger partial charge in [0.2, 0.25) is 0 Å². The third-order valence-electron chi connectivity index (χ3n) is 3.13. The molecule has 1 atom stereocenters. The number of aromatic nitrogens is 2. The second kappa shape index (κ2) is 3.76. The van der Waals surface area contributed by atoms with Gasteiger partial charge < -0.3 is 5.32 Å². The van der Waals surface area contributed by atoms with Gasteiger partial charge in [-0.2, -0.15) is 5.10 Å². The summed E-state index contributed by atoms with van der Waals surface area (Å²) in [5.74, 6) is 0. The minimum atomic E-state index is 0.245. The van der Waals surface area contributed by atoms with E-state index in [0.717, 1.165) is 24.4 Å². The molecule has 2 heterocycles. The van der Waals surface area contributed by atoms with Crippen molar-refractivity contribution in [2.75, 3.05) is 6.54 Å². The zero-order chi connectivity index (χ0) is 11.0. The lowest BCUT2D eigenvalue weighted by molar-refractivity contribution is 0.556. The van der Waals surface area contributed by atoms with Crippen molar-refractivity contribution in [2.24, 2.45) is 0 Å². The van der Waals surface area contributed by atoms with Crippen molar-refractivity contribution < 1.29 is 0 Å². The fraction of sp³-hybridized carbons (Fsp3) is 0.308. The molecule has 1 aromatic carbocycles. The first kappa shape index (κ1) is 9.60. The number of benzene rings is 1. The molecule has 0 radical (unpaired) electrons. The molecule has 1 aliphatic rings. The Labute approximate surface area is 94.9 Å². The molecule has 16 heavy (non-hydrogen) atoms. The van der Waals surface area contributed by atoms with Crippen LogP contribution < -0.4 is 5.32 Å². The van der Waals surface area contributed by atoms with Crippen LogP contribution in [-0.2, 0) is 6.42 Å². The molecule has 2 aromatic rings. The molecule has 0 saturated heterocycles. The number of aromatic amines is 1. The first-order valence-corrected chi connectivity index (χ1v) is 5.68. The third-order valence-corrected chi connectivity index (χ3v) is 3.13. The molecule has 3 rings (SSSR count). The van der Waals surface area contributed by atoms with Crippen LogP contribution in [0.4, 0.5) is 0 Å². The Morgan fingerprint density at radius 2 is 2.19 bits per heavy atom. The van der Waals surface area contributed by atoms with Crippen LogP contribution in [0.3, 0.4) is 0 Å². The summed E-state index contributed by atoms with van der Waals surface area (Å²) >= 11 is 0. The van der Waals surface area contributed by atoms with Gasteiger partial charge in [-0.3, -0.25) is 5.10 Å². The van der Waals surface area contributed by atoms with E-state index in [1.54, 1.807) is 0 Å². The quantitative estimate of drug-likeness (QED) is 0.760. The lowest BCUT2D eigenvalue weighted by Gasteiger charge is -2.25. The van der Waals surface area contributed by atoms with Crippen LogP contribution in [-0.4, -0.2) is 16.7 Å². The monoisotopic (exact) mass is 213 g/mol. The molecule has 0 spiro atoms. The summed E-state index contributed by atoms with van der Waals surface area (Å²) in [5.41, 5.74) is 5.00. The number of hydrogen-bond acceptors (Lipinski definition) is 2. The minimum absolute atomic E-state index is 0.245. The molecule has 0 bridgehead atoms. The Kier molecular flexibility index (Phi) is 2.26. The Morgan fingerprint density at radius 1 is 1.31 bits per heavy atom. The summed E-state index contributed by atoms with van der Waals surface area (Å²) in [6.07, 6.45) is 1.11. The molecule has 3 nitrogen and oxygen atoms in total. The number of nitrogens with one attached hydrogen (secondary N) is 2. The summed E-state index contributed by atoms with van der Waals surface area (Å²) < 4.78 is 0. The van der Waals surface area contributed by atoms with E-state index < -0.39 is 0 Å². The first-order chi connectivity index (χ1) is 7.84. The zero-order valence-corrected chi connectivity index (χ0v) is 9.33. The van der Waals surface area contributed by atoms with Crippen molar-refractivity contribution in [3.05, 3.63) is 52.8 Å². The molecule has 0 unspecified atom stereocenters. The van der Waals surface area contributed by atoms with Crippen molar-refractivity contribution in [3.63, 3.8) is 0 Å². The molecule has 0 saturated carbocycles. The van der Waals surface area contributed by atoms with Gasteiger partial charge in [-0.15, -0.1) is 0 Å². The second-order valence-electron chi connectivity index (χ2n) is 4.31. The van der Waals surface area contributed by atoms with E-state index in [1.807, 2.05) is 6.92 Å². The molecule has 0 amide bonds. The minimum Gasteiger partial charge on any atom is -0.305 e. The molecular formula is C13H15N3. The van der Waals surface area contributed by atoms with E-state index in [9.17, 15) is 0 Å². The Morgan fingerprint density at radius 3 is 3.00 bits per heavy atom. The van der Waals surface area contributed by atoms with Gasteiger partial charge in [0.1, 0.15) is 0 Å². The van der Waals surface area contributed by atoms with Gasteiger partial charge in [-0.05, 0) is 30.5 Å². The maximum Gasteiger partial charge on any atom is 0.0839 e. The van der Waals surface area contributed by atoms with Gasteiger partial charge in [0.25, 0.3) is 0 Å². The maximum atomic E-state index is 4.35. The van der Waals surface area contributed by atoms with E-state index in [1.165, 1.54) is 11.1 Å². The van der Waals surface area contributed by atoms with Crippen molar-refractivity contribution in [2.45, 2.75) is 19.4 Å². The van der Waals surface area contributed by atoms with Crippen LogP contribution in [0.15, 0.2) is 30.3 Å².